The first kappa shape index (κ1) is 19.0. The van der Waals surface area contributed by atoms with Crippen molar-refractivity contribution in [3.63, 3.8) is 0 Å². The molecule has 4 nitrogen and oxygen atoms in total. The van der Waals surface area contributed by atoms with Crippen molar-refractivity contribution in [2.45, 2.75) is 31.7 Å². The Labute approximate surface area is 150 Å². The van der Waals surface area contributed by atoms with Crippen molar-refractivity contribution in [3.05, 3.63) is 65.7 Å². The van der Waals surface area contributed by atoms with Crippen LogP contribution in [0.25, 0.3) is 0 Å². The highest BCUT2D eigenvalue weighted by Crippen LogP contribution is 2.12. The number of hydrogen-bond acceptors (Lipinski definition) is 3. The first-order chi connectivity index (χ1) is 12.0. The number of aryl methyl sites for hydroxylation is 1. The summed E-state index contributed by atoms with van der Waals surface area (Å²) in [6.45, 7) is 0.623. The molecule has 2 aromatic carbocycles. The van der Waals surface area contributed by atoms with Crippen molar-refractivity contribution >= 4 is 5.91 Å². The zero-order chi connectivity index (χ0) is 18.1. The number of carbonyl (C=O) groups is 1. The Morgan fingerprint density at radius 3 is 2.36 bits per heavy atom. The van der Waals surface area contributed by atoms with Crippen LogP contribution >= 0.6 is 0 Å². The van der Waals surface area contributed by atoms with E-state index >= 15 is 0 Å². The van der Waals surface area contributed by atoms with Crippen LogP contribution in [-0.2, 0) is 17.6 Å². The van der Waals surface area contributed by atoms with Gasteiger partial charge in [0.15, 0.2) is 0 Å². The van der Waals surface area contributed by atoms with Crippen LogP contribution in [0.5, 0.6) is 5.75 Å². The first-order valence-corrected chi connectivity index (χ1v) is 8.79. The van der Waals surface area contributed by atoms with Gasteiger partial charge in [-0.15, -0.1) is 0 Å². The minimum atomic E-state index is 0.105. The molecule has 1 amide bonds. The number of nitrogens with one attached hydrogen (secondary N) is 1. The highest BCUT2D eigenvalue weighted by molar-refractivity contribution is 5.75. The molecule has 0 aliphatic heterocycles. The monoisotopic (exact) mass is 340 g/mol. The second kappa shape index (κ2) is 9.84. The van der Waals surface area contributed by atoms with Gasteiger partial charge in [-0.05, 0) is 56.6 Å². The van der Waals surface area contributed by atoms with Crippen LogP contribution in [0.4, 0.5) is 0 Å². The van der Waals surface area contributed by atoms with E-state index in [1.54, 1.807) is 12.1 Å². The van der Waals surface area contributed by atoms with Crippen molar-refractivity contribution in [2.75, 3.05) is 20.6 Å². The summed E-state index contributed by atoms with van der Waals surface area (Å²) in [5, 5.41) is 12.4. The molecule has 0 saturated carbocycles. The molecule has 1 atom stereocenters. The molecule has 0 radical (unpaired) electrons. The molecule has 2 aromatic rings. The number of benzene rings is 2. The van der Waals surface area contributed by atoms with Gasteiger partial charge in [0.2, 0.25) is 5.91 Å². The number of likely N-dealkylation sites (N-methyl/N-ethyl adjacent to an activating group) is 1. The Bertz CT molecular complexity index is 639. The predicted molar refractivity (Wildman–Crippen MR) is 102 cm³/mol. The fourth-order valence-electron chi connectivity index (χ4n) is 2.76. The quantitative estimate of drug-likeness (QED) is 0.738. The molecule has 25 heavy (non-hydrogen) atoms. The van der Waals surface area contributed by atoms with Crippen LogP contribution in [0.1, 0.15) is 24.0 Å². The van der Waals surface area contributed by atoms with Gasteiger partial charge < -0.3 is 15.3 Å². The Morgan fingerprint density at radius 1 is 1.04 bits per heavy atom. The summed E-state index contributed by atoms with van der Waals surface area (Å²) >= 11 is 0. The molecule has 0 aliphatic rings. The zero-order valence-corrected chi connectivity index (χ0v) is 15.1. The summed E-state index contributed by atoms with van der Waals surface area (Å²) in [7, 11) is 4.04. The largest absolute Gasteiger partial charge is 0.508 e. The fourth-order valence-corrected chi connectivity index (χ4v) is 2.76. The van der Waals surface area contributed by atoms with Crippen LogP contribution in [0.3, 0.4) is 0 Å². The number of phenolic OH excluding ortho intramolecular Hbond substituents is 1. The maximum Gasteiger partial charge on any atom is 0.220 e. The van der Waals surface area contributed by atoms with E-state index in [9.17, 15) is 9.90 Å². The van der Waals surface area contributed by atoms with Gasteiger partial charge in [0.1, 0.15) is 5.75 Å². The van der Waals surface area contributed by atoms with Crippen molar-refractivity contribution in [3.8, 4) is 5.75 Å². The van der Waals surface area contributed by atoms with Crippen molar-refractivity contribution < 1.29 is 9.90 Å². The molecule has 4 heteroatoms. The topological polar surface area (TPSA) is 52.6 Å². The average molecular weight is 340 g/mol. The molecule has 0 fully saturated rings. The van der Waals surface area contributed by atoms with Crippen LogP contribution in [0, 0.1) is 0 Å². The second-order valence-corrected chi connectivity index (χ2v) is 6.63. The molecule has 0 spiro atoms. The third kappa shape index (κ3) is 6.98. The lowest BCUT2D eigenvalue weighted by molar-refractivity contribution is -0.121. The molecular formula is C21H28N2O2. The molecule has 0 aromatic heterocycles. The van der Waals surface area contributed by atoms with Gasteiger partial charge in [-0.2, -0.15) is 0 Å². The van der Waals surface area contributed by atoms with E-state index in [1.807, 2.05) is 44.4 Å². The highest BCUT2D eigenvalue weighted by atomic mass is 16.3. The minimum absolute atomic E-state index is 0.105. The average Bonchev–Trinajstić information content (AvgIpc) is 2.61. The van der Waals surface area contributed by atoms with Gasteiger partial charge in [0, 0.05) is 19.0 Å². The molecule has 2 N–H and O–H groups in total. The second-order valence-electron chi connectivity index (χ2n) is 6.63. The van der Waals surface area contributed by atoms with E-state index in [2.05, 4.69) is 22.3 Å². The number of rotatable bonds is 9. The van der Waals surface area contributed by atoms with Crippen LogP contribution in [0.15, 0.2) is 54.6 Å². The van der Waals surface area contributed by atoms with E-state index in [1.165, 1.54) is 5.56 Å². The van der Waals surface area contributed by atoms with Gasteiger partial charge >= 0.3 is 0 Å². The van der Waals surface area contributed by atoms with Crippen molar-refractivity contribution in [2.24, 2.45) is 0 Å². The molecule has 0 bridgehead atoms. The van der Waals surface area contributed by atoms with Crippen LogP contribution in [0.2, 0.25) is 0 Å². The van der Waals surface area contributed by atoms with Gasteiger partial charge in [-0.25, -0.2) is 0 Å². The Kier molecular flexibility index (Phi) is 7.48. The Balaban J connectivity index is 1.74. The predicted octanol–water partition coefficient (Wildman–Crippen LogP) is 3.00. The summed E-state index contributed by atoms with van der Waals surface area (Å²) < 4.78 is 0. The van der Waals surface area contributed by atoms with Gasteiger partial charge in [-0.3, -0.25) is 4.79 Å². The standard InChI is InChI=1S/C21H28N2O2/c1-23(2)19(15-18-11-13-20(24)14-12-18)16-22-21(25)10-6-9-17-7-4-3-5-8-17/h3-5,7-8,11-14,19,24H,6,9-10,15-16H2,1-2H3,(H,22,25). The van der Waals surface area contributed by atoms with Crippen molar-refractivity contribution in [1.82, 2.24) is 10.2 Å². The molecule has 0 aliphatic carbocycles. The molecular weight excluding hydrogens is 312 g/mol. The van der Waals surface area contributed by atoms with Gasteiger partial charge in [-0.1, -0.05) is 42.5 Å². The lowest BCUT2D eigenvalue weighted by Gasteiger charge is -2.25. The third-order valence-corrected chi connectivity index (χ3v) is 4.38. The number of hydrogen-bond donors (Lipinski definition) is 2. The summed E-state index contributed by atoms with van der Waals surface area (Å²) in [5.41, 5.74) is 2.42. The number of carbonyl (C=O) groups excluding carboxylic acids is 1. The minimum Gasteiger partial charge on any atom is -0.508 e. The summed E-state index contributed by atoms with van der Waals surface area (Å²) in [5.74, 6) is 0.380. The van der Waals surface area contributed by atoms with Crippen LogP contribution < -0.4 is 5.32 Å². The van der Waals surface area contributed by atoms with Crippen LogP contribution in [-0.4, -0.2) is 42.6 Å². The first-order valence-electron chi connectivity index (χ1n) is 8.79. The van der Waals surface area contributed by atoms with Gasteiger partial charge in [0.05, 0.1) is 0 Å². The maximum atomic E-state index is 12.1. The number of phenols is 1. The van der Waals surface area contributed by atoms with Gasteiger partial charge in [0.25, 0.3) is 0 Å². The molecule has 0 saturated heterocycles. The maximum absolute atomic E-state index is 12.1. The summed E-state index contributed by atoms with van der Waals surface area (Å²) in [6.07, 6.45) is 3.17. The highest BCUT2D eigenvalue weighted by Gasteiger charge is 2.13. The fraction of sp³-hybridized carbons (Fsp3) is 0.381. The summed E-state index contributed by atoms with van der Waals surface area (Å²) in [6, 6.07) is 17.7. The summed E-state index contributed by atoms with van der Waals surface area (Å²) in [4.78, 5) is 14.2. The lowest BCUT2D eigenvalue weighted by Crippen LogP contribution is -2.41. The van der Waals surface area contributed by atoms with E-state index in [0.29, 0.717) is 13.0 Å². The third-order valence-electron chi connectivity index (χ3n) is 4.38. The molecule has 1 unspecified atom stereocenters. The number of amides is 1. The Hall–Kier alpha value is -2.33. The van der Waals surface area contributed by atoms with E-state index in [4.69, 9.17) is 0 Å². The molecule has 0 heterocycles. The van der Waals surface area contributed by atoms with E-state index in [0.717, 1.165) is 24.8 Å². The SMILES string of the molecule is CN(C)C(CNC(=O)CCCc1ccccc1)Cc1ccc(O)cc1. The zero-order valence-electron chi connectivity index (χ0n) is 15.1. The van der Waals surface area contributed by atoms with E-state index in [-0.39, 0.29) is 17.7 Å². The van der Waals surface area contributed by atoms with E-state index < -0.39 is 0 Å². The lowest BCUT2D eigenvalue weighted by atomic mass is 10.0. The molecule has 134 valence electrons. The van der Waals surface area contributed by atoms with Crippen molar-refractivity contribution in [1.29, 1.82) is 0 Å². The molecule has 2 rings (SSSR count). The Morgan fingerprint density at radius 2 is 1.72 bits per heavy atom. The normalized spacial score (nSPS) is 12.1. The number of nitrogens with zero attached hydrogens (tertiary/aromatic N) is 1. The smallest absolute Gasteiger partial charge is 0.220 e. The number of aromatic hydroxyl groups is 1.